The summed E-state index contributed by atoms with van der Waals surface area (Å²) in [5.74, 6) is 1.08. The number of nitrogens with zero attached hydrogens (tertiary/aromatic N) is 1. The largest absolute Gasteiger partial charge is 0.491 e. The Kier molecular flexibility index (Phi) is 5.66. The van der Waals surface area contributed by atoms with Crippen molar-refractivity contribution in [2.24, 2.45) is 0 Å². The van der Waals surface area contributed by atoms with Crippen molar-refractivity contribution in [3.63, 3.8) is 0 Å². The second-order valence-corrected chi connectivity index (χ2v) is 7.09. The average Bonchev–Trinajstić information content (AvgIpc) is 3.07. The predicted molar refractivity (Wildman–Crippen MR) is 102 cm³/mol. The van der Waals surface area contributed by atoms with E-state index in [4.69, 9.17) is 21.1 Å². The van der Waals surface area contributed by atoms with Crippen molar-refractivity contribution < 1.29 is 14.3 Å². The van der Waals surface area contributed by atoms with Crippen LogP contribution in [-0.4, -0.2) is 31.1 Å². The van der Waals surface area contributed by atoms with Crippen LogP contribution in [0.1, 0.15) is 22.9 Å². The number of ether oxygens (including phenoxy) is 2. The van der Waals surface area contributed by atoms with Crippen LogP contribution in [0.3, 0.4) is 0 Å². The number of thiophene rings is 1. The molecule has 3 rings (SSSR count). The van der Waals surface area contributed by atoms with Gasteiger partial charge in [-0.1, -0.05) is 11.6 Å². The fourth-order valence-electron chi connectivity index (χ4n) is 2.85. The van der Waals surface area contributed by atoms with Gasteiger partial charge in [-0.15, -0.1) is 11.3 Å². The summed E-state index contributed by atoms with van der Waals surface area (Å²) in [6, 6.07) is 5.69. The van der Waals surface area contributed by atoms with Gasteiger partial charge in [0.15, 0.2) is 11.5 Å². The molecule has 2 aromatic rings. The van der Waals surface area contributed by atoms with Crippen LogP contribution in [-0.2, 0) is 17.8 Å². The molecule has 0 unspecified atom stereocenters. The second-order valence-electron chi connectivity index (χ2n) is 5.68. The molecule has 0 saturated heterocycles. The molecular formula is C19H20ClNO3S. The third kappa shape index (κ3) is 3.99. The van der Waals surface area contributed by atoms with Crippen LogP contribution in [0.4, 0.5) is 0 Å². The van der Waals surface area contributed by atoms with E-state index in [2.05, 4.69) is 11.4 Å². The molecule has 0 aliphatic carbocycles. The zero-order chi connectivity index (χ0) is 17.8. The predicted octanol–water partition coefficient (Wildman–Crippen LogP) is 4.41. The topological polar surface area (TPSA) is 38.8 Å². The summed E-state index contributed by atoms with van der Waals surface area (Å²) in [5, 5.41) is 2.55. The average molecular weight is 378 g/mol. The number of halogens is 1. The van der Waals surface area contributed by atoms with Gasteiger partial charge in [-0.3, -0.25) is 4.79 Å². The van der Waals surface area contributed by atoms with Crippen molar-refractivity contribution in [1.82, 2.24) is 4.90 Å². The van der Waals surface area contributed by atoms with Crippen LogP contribution in [0, 0.1) is 0 Å². The fourth-order valence-corrected chi connectivity index (χ4v) is 4.04. The maximum absolute atomic E-state index is 12.5. The quantitative estimate of drug-likeness (QED) is 0.724. The van der Waals surface area contributed by atoms with E-state index in [0.29, 0.717) is 29.7 Å². The summed E-state index contributed by atoms with van der Waals surface area (Å²) in [6.45, 7) is 3.84. The highest BCUT2D eigenvalue weighted by Crippen LogP contribution is 2.36. The number of hydrogen-bond donors (Lipinski definition) is 0. The maximum Gasteiger partial charge on any atom is 0.246 e. The lowest BCUT2D eigenvalue weighted by Gasteiger charge is -2.25. The molecule has 1 aromatic carbocycles. The Bertz CT molecular complexity index is 800. The summed E-state index contributed by atoms with van der Waals surface area (Å²) in [6.07, 6.45) is 4.28. The number of methoxy groups -OCH3 is 1. The van der Waals surface area contributed by atoms with E-state index in [1.165, 1.54) is 10.4 Å². The summed E-state index contributed by atoms with van der Waals surface area (Å²) in [7, 11) is 1.55. The number of rotatable bonds is 5. The van der Waals surface area contributed by atoms with E-state index in [1.807, 2.05) is 17.9 Å². The van der Waals surface area contributed by atoms with Gasteiger partial charge in [-0.25, -0.2) is 0 Å². The summed E-state index contributed by atoms with van der Waals surface area (Å²) >= 11 is 8.01. The van der Waals surface area contributed by atoms with Gasteiger partial charge in [0.1, 0.15) is 0 Å². The number of carbonyl (C=O) groups excluding carboxylic acids is 1. The molecule has 1 amide bonds. The molecule has 1 aromatic heterocycles. The Morgan fingerprint density at radius 1 is 1.44 bits per heavy atom. The third-order valence-electron chi connectivity index (χ3n) is 4.07. The summed E-state index contributed by atoms with van der Waals surface area (Å²) in [4.78, 5) is 15.7. The molecule has 0 bridgehead atoms. The number of fused-ring (bicyclic) bond motifs is 1. The van der Waals surface area contributed by atoms with Crippen molar-refractivity contribution in [1.29, 1.82) is 0 Å². The lowest BCUT2D eigenvalue weighted by molar-refractivity contribution is -0.126. The van der Waals surface area contributed by atoms with Crippen LogP contribution in [0.2, 0.25) is 5.02 Å². The molecule has 0 fully saturated rings. The summed E-state index contributed by atoms with van der Waals surface area (Å²) in [5.41, 5.74) is 2.06. The van der Waals surface area contributed by atoms with Crippen molar-refractivity contribution in [2.45, 2.75) is 19.9 Å². The Hall–Kier alpha value is -1.98. The van der Waals surface area contributed by atoms with Crippen LogP contribution >= 0.6 is 22.9 Å². The van der Waals surface area contributed by atoms with Crippen molar-refractivity contribution >= 4 is 34.9 Å². The highest BCUT2D eigenvalue weighted by Gasteiger charge is 2.19. The number of amides is 1. The van der Waals surface area contributed by atoms with E-state index in [0.717, 1.165) is 18.5 Å². The van der Waals surface area contributed by atoms with Crippen molar-refractivity contribution in [3.05, 3.63) is 50.7 Å². The van der Waals surface area contributed by atoms with Crippen LogP contribution in [0.15, 0.2) is 29.7 Å². The molecule has 4 nitrogen and oxygen atoms in total. The minimum absolute atomic E-state index is 0.00162. The van der Waals surface area contributed by atoms with Crippen molar-refractivity contribution in [3.8, 4) is 11.5 Å². The maximum atomic E-state index is 12.5. The third-order valence-corrected chi connectivity index (χ3v) is 5.38. The molecule has 0 atom stereocenters. The first kappa shape index (κ1) is 17.8. The van der Waals surface area contributed by atoms with Gasteiger partial charge < -0.3 is 14.4 Å². The SMILES string of the molecule is CCOc1cc(C=CC(=O)N2CCc3sccc3C2)cc(Cl)c1OC. The van der Waals surface area contributed by atoms with Gasteiger partial charge in [-0.2, -0.15) is 0 Å². The molecule has 0 spiro atoms. The first-order valence-electron chi connectivity index (χ1n) is 8.15. The van der Waals surface area contributed by atoms with E-state index in [-0.39, 0.29) is 5.91 Å². The molecule has 1 aliphatic heterocycles. The molecule has 1 aliphatic rings. The lowest BCUT2D eigenvalue weighted by Crippen LogP contribution is -2.34. The van der Waals surface area contributed by atoms with Crippen LogP contribution in [0.25, 0.3) is 6.08 Å². The Labute approximate surface area is 156 Å². The second kappa shape index (κ2) is 7.93. The standard InChI is InChI=1S/C19H20ClNO3S/c1-3-24-16-11-13(10-15(20)19(16)23-2)4-5-18(22)21-8-6-17-14(12-21)7-9-25-17/h4-5,7,9-11H,3,6,8,12H2,1-2H3. The van der Waals surface area contributed by atoms with Gasteiger partial charge in [0.2, 0.25) is 5.91 Å². The number of carbonyl (C=O) groups is 1. The van der Waals surface area contributed by atoms with Gasteiger partial charge >= 0.3 is 0 Å². The van der Waals surface area contributed by atoms with E-state index >= 15 is 0 Å². The molecule has 2 heterocycles. The van der Waals surface area contributed by atoms with Gasteiger partial charge in [0.05, 0.1) is 18.7 Å². The number of hydrogen-bond acceptors (Lipinski definition) is 4. The molecule has 0 saturated carbocycles. The molecular weight excluding hydrogens is 358 g/mol. The normalized spacial score (nSPS) is 13.8. The molecule has 132 valence electrons. The summed E-state index contributed by atoms with van der Waals surface area (Å²) < 4.78 is 10.8. The minimum atomic E-state index is 0.00162. The molecule has 6 heteroatoms. The molecule has 0 N–H and O–H groups in total. The lowest BCUT2D eigenvalue weighted by atomic mass is 10.1. The van der Waals surface area contributed by atoms with Crippen LogP contribution < -0.4 is 9.47 Å². The zero-order valence-corrected chi connectivity index (χ0v) is 15.8. The molecule has 25 heavy (non-hydrogen) atoms. The first-order chi connectivity index (χ1) is 12.1. The highest BCUT2D eigenvalue weighted by molar-refractivity contribution is 7.10. The number of benzene rings is 1. The van der Waals surface area contributed by atoms with E-state index < -0.39 is 0 Å². The van der Waals surface area contributed by atoms with E-state index in [1.54, 1.807) is 36.7 Å². The monoisotopic (exact) mass is 377 g/mol. The van der Waals surface area contributed by atoms with Crippen LogP contribution in [0.5, 0.6) is 11.5 Å². The first-order valence-corrected chi connectivity index (χ1v) is 9.40. The Morgan fingerprint density at radius 2 is 2.28 bits per heavy atom. The van der Waals surface area contributed by atoms with Crippen molar-refractivity contribution in [2.75, 3.05) is 20.3 Å². The van der Waals surface area contributed by atoms with Gasteiger partial charge in [-0.05, 0) is 54.1 Å². The van der Waals surface area contributed by atoms with Gasteiger partial charge in [0, 0.05) is 24.0 Å². The highest BCUT2D eigenvalue weighted by atomic mass is 35.5. The molecule has 0 radical (unpaired) electrons. The smallest absolute Gasteiger partial charge is 0.246 e. The zero-order valence-electron chi connectivity index (χ0n) is 14.3. The van der Waals surface area contributed by atoms with E-state index in [9.17, 15) is 4.79 Å². The Morgan fingerprint density at radius 3 is 3.04 bits per heavy atom. The van der Waals surface area contributed by atoms with Gasteiger partial charge in [0.25, 0.3) is 0 Å². The minimum Gasteiger partial charge on any atom is -0.491 e. The fraction of sp³-hybridized carbons (Fsp3) is 0.316. The Balaban J connectivity index is 1.74.